The van der Waals surface area contributed by atoms with Gasteiger partial charge in [0, 0.05) is 20.8 Å². The van der Waals surface area contributed by atoms with E-state index in [2.05, 4.69) is 5.32 Å². The van der Waals surface area contributed by atoms with E-state index in [1.165, 1.54) is 11.3 Å². The van der Waals surface area contributed by atoms with Gasteiger partial charge in [0.2, 0.25) is 0 Å². The van der Waals surface area contributed by atoms with Crippen LogP contribution in [0.15, 0.2) is 48.5 Å². The average molecular weight is 539 g/mol. The zero-order valence-corrected chi connectivity index (χ0v) is 22.0. The number of esters is 1. The molecule has 2 heterocycles. The quantitative estimate of drug-likeness (QED) is 0.252. The monoisotopic (exact) mass is 538 g/mol. The molecule has 5 nitrogen and oxygen atoms in total. The number of para-hydroxylation sites is 1. The van der Waals surface area contributed by atoms with Crippen LogP contribution in [0.25, 0.3) is 22.2 Å². The predicted molar refractivity (Wildman–Crippen MR) is 147 cm³/mol. The van der Waals surface area contributed by atoms with Gasteiger partial charge in [-0.25, -0.2) is 9.78 Å². The molecule has 5 rings (SSSR count). The van der Waals surface area contributed by atoms with Gasteiger partial charge in [0.25, 0.3) is 5.91 Å². The Morgan fingerprint density at radius 1 is 1.08 bits per heavy atom. The van der Waals surface area contributed by atoms with Crippen molar-refractivity contribution in [2.75, 3.05) is 11.9 Å². The highest BCUT2D eigenvalue weighted by molar-refractivity contribution is 7.17. The number of halogens is 2. The van der Waals surface area contributed by atoms with Gasteiger partial charge in [-0.15, -0.1) is 11.3 Å². The van der Waals surface area contributed by atoms with E-state index in [0.717, 1.165) is 42.5 Å². The number of fused-ring (bicyclic) bond motifs is 2. The van der Waals surface area contributed by atoms with Gasteiger partial charge in [0.15, 0.2) is 0 Å². The summed E-state index contributed by atoms with van der Waals surface area (Å²) in [4.78, 5) is 32.6. The maximum atomic E-state index is 13.7. The molecular weight excluding hydrogens is 515 g/mol. The number of carbonyl (C=O) groups is 2. The molecule has 0 fully saturated rings. The summed E-state index contributed by atoms with van der Waals surface area (Å²) >= 11 is 14.0. The largest absolute Gasteiger partial charge is 0.462 e. The van der Waals surface area contributed by atoms with Crippen molar-refractivity contribution in [2.24, 2.45) is 0 Å². The molecular formula is C28H24Cl2N2O3S. The summed E-state index contributed by atoms with van der Waals surface area (Å²) < 4.78 is 5.48. The second-order valence-corrected chi connectivity index (χ2v) is 10.7. The van der Waals surface area contributed by atoms with Crippen LogP contribution < -0.4 is 5.32 Å². The minimum Gasteiger partial charge on any atom is -0.462 e. The third kappa shape index (κ3) is 4.85. The molecule has 0 bridgehead atoms. The van der Waals surface area contributed by atoms with Gasteiger partial charge in [-0.2, -0.15) is 0 Å². The van der Waals surface area contributed by atoms with E-state index in [-0.39, 0.29) is 11.9 Å². The topological polar surface area (TPSA) is 68.3 Å². The van der Waals surface area contributed by atoms with Crippen LogP contribution in [0.3, 0.4) is 0 Å². The molecule has 0 unspecified atom stereocenters. The van der Waals surface area contributed by atoms with Crippen LogP contribution in [0.1, 0.15) is 57.3 Å². The molecule has 2 aromatic heterocycles. The number of hydrogen-bond acceptors (Lipinski definition) is 5. The Labute approximate surface area is 223 Å². The third-order valence-corrected chi connectivity index (χ3v) is 7.96. The highest BCUT2D eigenvalue weighted by Crippen LogP contribution is 2.39. The Balaban J connectivity index is 1.57. The number of aromatic nitrogens is 1. The Morgan fingerprint density at radius 3 is 2.69 bits per heavy atom. The first-order chi connectivity index (χ1) is 17.5. The predicted octanol–water partition coefficient (Wildman–Crippen LogP) is 7.97. The van der Waals surface area contributed by atoms with E-state index in [4.69, 9.17) is 32.9 Å². The van der Waals surface area contributed by atoms with Gasteiger partial charge in [-0.05, 0) is 68.0 Å². The molecule has 0 saturated carbocycles. The number of benzene rings is 2. The fourth-order valence-corrected chi connectivity index (χ4v) is 6.28. The van der Waals surface area contributed by atoms with E-state index in [9.17, 15) is 9.59 Å². The lowest BCUT2D eigenvalue weighted by molar-refractivity contribution is 0.0505. The first-order valence-electron chi connectivity index (χ1n) is 11.9. The molecule has 0 radical (unpaired) electrons. The first kappa shape index (κ1) is 24.8. The van der Waals surface area contributed by atoms with Crippen molar-refractivity contribution in [3.63, 3.8) is 0 Å². The Morgan fingerprint density at radius 2 is 1.89 bits per heavy atom. The molecule has 1 N–H and O–H groups in total. The normalized spacial score (nSPS) is 12.9. The van der Waals surface area contributed by atoms with E-state index in [1.807, 2.05) is 31.2 Å². The SMILES string of the molecule is CCCOC(=O)c1c(NC(=O)c2cc(-c3ccc(Cl)cc3Cl)nc3ccccc23)sc2c1CCCC2. The standard InChI is InChI=1S/C28H24Cl2N2O3S/c1-2-13-35-28(34)25-19-8-4-6-10-24(19)36-27(25)32-26(33)20-15-23(18-12-11-16(29)14-21(18)30)31-22-9-5-3-7-17(20)22/h3,5,7,9,11-12,14-15H,2,4,6,8,10,13H2,1H3,(H,32,33). The van der Waals surface area contributed by atoms with Gasteiger partial charge < -0.3 is 10.1 Å². The zero-order chi connectivity index (χ0) is 25.2. The van der Waals surface area contributed by atoms with Crippen molar-refractivity contribution in [3.8, 4) is 11.3 Å². The molecule has 8 heteroatoms. The molecule has 0 atom stereocenters. The molecule has 4 aromatic rings. The molecule has 0 spiro atoms. The van der Waals surface area contributed by atoms with E-state index in [1.54, 1.807) is 24.3 Å². The van der Waals surface area contributed by atoms with Crippen LogP contribution in [0.4, 0.5) is 5.00 Å². The van der Waals surface area contributed by atoms with Gasteiger partial charge >= 0.3 is 5.97 Å². The molecule has 1 aliphatic rings. The number of amides is 1. The number of nitrogens with zero attached hydrogens (tertiary/aromatic N) is 1. The van der Waals surface area contributed by atoms with Gasteiger partial charge in [-0.3, -0.25) is 4.79 Å². The van der Waals surface area contributed by atoms with E-state index in [0.29, 0.717) is 54.9 Å². The summed E-state index contributed by atoms with van der Waals surface area (Å²) in [5.41, 5.74) is 3.86. The van der Waals surface area contributed by atoms with Gasteiger partial charge in [-0.1, -0.05) is 48.3 Å². The number of pyridine rings is 1. The minimum atomic E-state index is -0.375. The van der Waals surface area contributed by atoms with Crippen molar-refractivity contribution in [1.82, 2.24) is 4.98 Å². The van der Waals surface area contributed by atoms with Crippen LogP contribution in [0.5, 0.6) is 0 Å². The van der Waals surface area contributed by atoms with Crippen LogP contribution >= 0.6 is 34.5 Å². The number of thiophene rings is 1. The second kappa shape index (κ2) is 10.6. The maximum Gasteiger partial charge on any atom is 0.341 e. The third-order valence-electron chi connectivity index (χ3n) is 6.21. The number of carbonyl (C=O) groups excluding carboxylic acids is 2. The van der Waals surface area contributed by atoms with Crippen molar-refractivity contribution >= 4 is 62.3 Å². The smallest absolute Gasteiger partial charge is 0.341 e. The van der Waals surface area contributed by atoms with Gasteiger partial charge in [0.05, 0.1) is 34.0 Å². The number of aryl methyl sites for hydroxylation is 1. The summed E-state index contributed by atoms with van der Waals surface area (Å²) in [6.45, 7) is 2.30. The minimum absolute atomic E-state index is 0.317. The fraction of sp³-hybridized carbons (Fsp3) is 0.250. The number of ether oxygens (including phenoxy) is 1. The summed E-state index contributed by atoms with van der Waals surface area (Å²) in [6.07, 6.45) is 4.55. The highest BCUT2D eigenvalue weighted by atomic mass is 35.5. The van der Waals surface area contributed by atoms with Crippen LogP contribution in [0.2, 0.25) is 10.0 Å². The van der Waals surface area contributed by atoms with E-state index < -0.39 is 0 Å². The summed E-state index contributed by atoms with van der Waals surface area (Å²) in [6, 6.07) is 14.4. The molecule has 36 heavy (non-hydrogen) atoms. The van der Waals surface area contributed by atoms with Gasteiger partial charge in [0.1, 0.15) is 5.00 Å². The van der Waals surface area contributed by atoms with Crippen LogP contribution in [0, 0.1) is 0 Å². The van der Waals surface area contributed by atoms with Crippen molar-refractivity contribution < 1.29 is 14.3 Å². The highest BCUT2D eigenvalue weighted by Gasteiger charge is 2.28. The summed E-state index contributed by atoms with van der Waals surface area (Å²) in [7, 11) is 0. The maximum absolute atomic E-state index is 13.7. The molecule has 0 saturated heterocycles. The molecule has 1 amide bonds. The zero-order valence-electron chi connectivity index (χ0n) is 19.7. The number of rotatable bonds is 6. The molecule has 1 aliphatic carbocycles. The second-order valence-electron chi connectivity index (χ2n) is 8.70. The lowest BCUT2D eigenvalue weighted by Gasteiger charge is -2.13. The molecule has 184 valence electrons. The van der Waals surface area contributed by atoms with Crippen molar-refractivity contribution in [2.45, 2.75) is 39.0 Å². The number of nitrogens with one attached hydrogen (secondary N) is 1. The molecule has 2 aromatic carbocycles. The summed E-state index contributed by atoms with van der Waals surface area (Å²) in [5.74, 6) is -0.692. The molecule has 0 aliphatic heterocycles. The number of anilines is 1. The Kier molecular flexibility index (Phi) is 7.28. The van der Waals surface area contributed by atoms with Crippen molar-refractivity contribution in [3.05, 3.63) is 80.1 Å². The lowest BCUT2D eigenvalue weighted by Crippen LogP contribution is -2.16. The fourth-order valence-electron chi connectivity index (χ4n) is 4.51. The van der Waals surface area contributed by atoms with Crippen LogP contribution in [-0.2, 0) is 17.6 Å². The van der Waals surface area contributed by atoms with Crippen LogP contribution in [-0.4, -0.2) is 23.5 Å². The number of hydrogen-bond donors (Lipinski definition) is 1. The van der Waals surface area contributed by atoms with E-state index >= 15 is 0 Å². The average Bonchev–Trinajstić information content (AvgIpc) is 3.24. The first-order valence-corrected chi connectivity index (χ1v) is 13.5. The summed E-state index contributed by atoms with van der Waals surface area (Å²) in [5, 5.41) is 5.25. The lowest BCUT2D eigenvalue weighted by atomic mass is 9.95. The Hall–Kier alpha value is -2.93. The van der Waals surface area contributed by atoms with Crippen molar-refractivity contribution in [1.29, 1.82) is 0 Å². The Bertz CT molecular complexity index is 1480.